The molecule has 2 rings (SSSR count). The predicted molar refractivity (Wildman–Crippen MR) is 60.9 cm³/mol. The maximum absolute atomic E-state index is 13.6. The van der Waals surface area contributed by atoms with Crippen molar-refractivity contribution in [1.29, 1.82) is 0 Å². The molecule has 2 nitrogen and oxygen atoms in total. The van der Waals surface area contributed by atoms with E-state index in [-0.39, 0.29) is 11.5 Å². The third-order valence-electron chi connectivity index (χ3n) is 3.08. The van der Waals surface area contributed by atoms with Gasteiger partial charge in [0.15, 0.2) is 0 Å². The molecular formula is C13H16FNO. The smallest absolute Gasteiger partial charge is 0.257 e. The van der Waals surface area contributed by atoms with E-state index in [2.05, 4.69) is 0 Å². The molecule has 0 aromatic heterocycles. The summed E-state index contributed by atoms with van der Waals surface area (Å²) in [6, 6.07) is 4.77. The van der Waals surface area contributed by atoms with Gasteiger partial charge < -0.3 is 4.90 Å². The minimum absolute atomic E-state index is 0.157. The van der Waals surface area contributed by atoms with Crippen LogP contribution in [0.5, 0.6) is 0 Å². The summed E-state index contributed by atoms with van der Waals surface area (Å²) in [5.41, 5.74) is 0.958. The zero-order valence-electron chi connectivity index (χ0n) is 9.50. The number of carbonyl (C=O) groups is 1. The second kappa shape index (κ2) is 4.64. The van der Waals surface area contributed by atoms with E-state index in [1.807, 2.05) is 0 Å². The van der Waals surface area contributed by atoms with Crippen molar-refractivity contribution in [1.82, 2.24) is 4.90 Å². The average molecular weight is 221 g/mol. The molecule has 1 heterocycles. The van der Waals surface area contributed by atoms with Gasteiger partial charge >= 0.3 is 0 Å². The molecule has 1 saturated heterocycles. The second-order valence-corrected chi connectivity index (χ2v) is 4.28. The molecule has 1 aliphatic heterocycles. The minimum Gasteiger partial charge on any atom is -0.339 e. The van der Waals surface area contributed by atoms with Crippen molar-refractivity contribution in [2.24, 2.45) is 0 Å². The second-order valence-electron chi connectivity index (χ2n) is 4.28. The van der Waals surface area contributed by atoms with E-state index < -0.39 is 5.82 Å². The molecule has 0 aliphatic carbocycles. The van der Waals surface area contributed by atoms with Crippen LogP contribution in [0.1, 0.15) is 35.2 Å². The first-order chi connectivity index (χ1) is 7.70. The summed E-state index contributed by atoms with van der Waals surface area (Å²) in [5.74, 6) is -0.564. The van der Waals surface area contributed by atoms with Gasteiger partial charge in [-0.15, -0.1) is 0 Å². The molecule has 0 N–H and O–H groups in total. The Bertz CT molecular complexity index is 377. The van der Waals surface area contributed by atoms with Crippen molar-refractivity contribution >= 4 is 5.91 Å². The monoisotopic (exact) mass is 221 g/mol. The van der Waals surface area contributed by atoms with Gasteiger partial charge in [-0.1, -0.05) is 12.1 Å². The quantitative estimate of drug-likeness (QED) is 0.714. The van der Waals surface area contributed by atoms with Gasteiger partial charge in [0.25, 0.3) is 5.91 Å². The fourth-order valence-electron chi connectivity index (χ4n) is 2.16. The highest BCUT2D eigenvalue weighted by atomic mass is 19.1. The van der Waals surface area contributed by atoms with Gasteiger partial charge in [-0.2, -0.15) is 0 Å². The Hall–Kier alpha value is -1.38. The number of carbonyl (C=O) groups excluding carboxylic acids is 1. The lowest BCUT2D eigenvalue weighted by Crippen LogP contribution is -2.36. The van der Waals surface area contributed by atoms with Crippen molar-refractivity contribution in [3.63, 3.8) is 0 Å². The first-order valence-electron chi connectivity index (χ1n) is 5.74. The molecule has 0 saturated carbocycles. The summed E-state index contributed by atoms with van der Waals surface area (Å²) in [6.07, 6.45) is 3.22. The molecule has 1 aliphatic rings. The predicted octanol–water partition coefficient (Wildman–Crippen LogP) is 2.76. The Morgan fingerprint density at radius 3 is 2.56 bits per heavy atom. The fourth-order valence-corrected chi connectivity index (χ4v) is 2.16. The van der Waals surface area contributed by atoms with E-state index in [1.165, 1.54) is 12.5 Å². The summed E-state index contributed by atoms with van der Waals surface area (Å²) in [4.78, 5) is 13.9. The molecule has 1 fully saturated rings. The van der Waals surface area contributed by atoms with Crippen molar-refractivity contribution < 1.29 is 9.18 Å². The number of halogens is 1. The SMILES string of the molecule is Cc1cccc(F)c1C(=O)N1CCCCC1. The van der Waals surface area contributed by atoms with Gasteiger partial charge in [0.1, 0.15) is 5.82 Å². The Morgan fingerprint density at radius 1 is 1.25 bits per heavy atom. The summed E-state index contributed by atoms with van der Waals surface area (Å²) in [5, 5.41) is 0. The van der Waals surface area contributed by atoms with E-state index in [0.717, 1.165) is 31.5 Å². The lowest BCUT2D eigenvalue weighted by atomic mass is 10.0. The first kappa shape index (κ1) is 11.1. The highest BCUT2D eigenvalue weighted by Gasteiger charge is 2.22. The van der Waals surface area contributed by atoms with Crippen LogP contribution in [0.4, 0.5) is 4.39 Å². The van der Waals surface area contributed by atoms with Crippen LogP contribution >= 0.6 is 0 Å². The summed E-state index contributed by atoms with van der Waals surface area (Å²) < 4.78 is 13.6. The first-order valence-corrected chi connectivity index (χ1v) is 5.74. The number of hydrogen-bond acceptors (Lipinski definition) is 1. The van der Waals surface area contributed by atoms with Crippen molar-refractivity contribution in [2.75, 3.05) is 13.1 Å². The van der Waals surface area contributed by atoms with Crippen LogP contribution < -0.4 is 0 Å². The zero-order valence-corrected chi connectivity index (χ0v) is 9.50. The van der Waals surface area contributed by atoms with Gasteiger partial charge in [0.05, 0.1) is 5.56 Å². The lowest BCUT2D eigenvalue weighted by Gasteiger charge is -2.27. The van der Waals surface area contributed by atoms with E-state index in [1.54, 1.807) is 24.0 Å². The average Bonchev–Trinajstić information content (AvgIpc) is 2.30. The maximum Gasteiger partial charge on any atom is 0.257 e. The summed E-state index contributed by atoms with van der Waals surface area (Å²) >= 11 is 0. The number of likely N-dealkylation sites (tertiary alicyclic amines) is 1. The number of benzene rings is 1. The standard InChI is InChI=1S/C13H16FNO/c1-10-6-5-7-11(14)12(10)13(16)15-8-3-2-4-9-15/h5-7H,2-4,8-9H2,1H3. The highest BCUT2D eigenvalue weighted by molar-refractivity contribution is 5.95. The number of nitrogens with zero attached hydrogens (tertiary/aromatic N) is 1. The molecule has 0 bridgehead atoms. The molecular weight excluding hydrogens is 205 g/mol. The molecule has 86 valence electrons. The van der Waals surface area contributed by atoms with Crippen molar-refractivity contribution in [3.8, 4) is 0 Å². The Kier molecular flexibility index (Phi) is 3.22. The molecule has 0 atom stereocenters. The number of piperidine rings is 1. The largest absolute Gasteiger partial charge is 0.339 e. The topological polar surface area (TPSA) is 20.3 Å². The van der Waals surface area contributed by atoms with Crippen LogP contribution in [0.25, 0.3) is 0 Å². The summed E-state index contributed by atoms with van der Waals surface area (Å²) in [7, 11) is 0. The van der Waals surface area contributed by atoms with E-state index in [9.17, 15) is 9.18 Å². The lowest BCUT2D eigenvalue weighted by molar-refractivity contribution is 0.0719. The molecule has 3 heteroatoms. The van der Waals surface area contributed by atoms with Gasteiger partial charge in [-0.05, 0) is 37.8 Å². The van der Waals surface area contributed by atoms with Crippen LogP contribution in [0, 0.1) is 12.7 Å². The molecule has 0 unspecified atom stereocenters. The number of hydrogen-bond donors (Lipinski definition) is 0. The molecule has 16 heavy (non-hydrogen) atoms. The minimum atomic E-state index is -0.407. The van der Waals surface area contributed by atoms with E-state index >= 15 is 0 Å². The molecule has 1 aromatic rings. The molecule has 1 amide bonds. The van der Waals surface area contributed by atoms with E-state index in [4.69, 9.17) is 0 Å². The summed E-state index contributed by atoms with van der Waals surface area (Å²) in [6.45, 7) is 3.29. The molecule has 0 spiro atoms. The van der Waals surface area contributed by atoms with Gasteiger partial charge in [0, 0.05) is 13.1 Å². The normalized spacial score (nSPS) is 16.2. The van der Waals surface area contributed by atoms with E-state index in [0.29, 0.717) is 0 Å². The molecule has 0 radical (unpaired) electrons. The number of aryl methyl sites for hydroxylation is 1. The third-order valence-corrected chi connectivity index (χ3v) is 3.08. The van der Waals surface area contributed by atoms with Crippen LogP contribution in [-0.4, -0.2) is 23.9 Å². The maximum atomic E-state index is 13.6. The molecule has 1 aromatic carbocycles. The van der Waals surface area contributed by atoms with Gasteiger partial charge in [-0.25, -0.2) is 4.39 Å². The Morgan fingerprint density at radius 2 is 1.94 bits per heavy atom. The van der Waals surface area contributed by atoms with Crippen molar-refractivity contribution in [3.05, 3.63) is 35.1 Å². The Labute approximate surface area is 95.1 Å². The fraction of sp³-hybridized carbons (Fsp3) is 0.462. The zero-order chi connectivity index (χ0) is 11.5. The van der Waals surface area contributed by atoms with Crippen LogP contribution in [0.3, 0.4) is 0 Å². The van der Waals surface area contributed by atoms with Gasteiger partial charge in [-0.3, -0.25) is 4.79 Å². The highest BCUT2D eigenvalue weighted by Crippen LogP contribution is 2.18. The van der Waals surface area contributed by atoms with Crippen LogP contribution in [0.15, 0.2) is 18.2 Å². The number of rotatable bonds is 1. The van der Waals surface area contributed by atoms with Crippen molar-refractivity contribution in [2.45, 2.75) is 26.2 Å². The Balaban J connectivity index is 2.26. The van der Waals surface area contributed by atoms with Gasteiger partial charge in [0.2, 0.25) is 0 Å². The van der Waals surface area contributed by atoms with Crippen LogP contribution in [-0.2, 0) is 0 Å². The third kappa shape index (κ3) is 2.08. The number of amides is 1. The van der Waals surface area contributed by atoms with Crippen LogP contribution in [0.2, 0.25) is 0 Å².